The van der Waals surface area contributed by atoms with Crippen molar-refractivity contribution in [2.24, 2.45) is 17.8 Å². The number of rotatable bonds is 3. The van der Waals surface area contributed by atoms with E-state index in [-0.39, 0.29) is 18.4 Å². The van der Waals surface area contributed by atoms with Crippen LogP contribution in [0, 0.1) is 17.8 Å². The summed E-state index contributed by atoms with van der Waals surface area (Å²) in [6.45, 7) is 4.64. The third-order valence-electron chi connectivity index (χ3n) is 6.49. The molecule has 26 heavy (non-hydrogen) atoms. The van der Waals surface area contributed by atoms with Crippen molar-refractivity contribution in [3.05, 3.63) is 11.6 Å². The van der Waals surface area contributed by atoms with Gasteiger partial charge in [0.15, 0.2) is 0 Å². The minimum absolute atomic E-state index is 0.000375. The van der Waals surface area contributed by atoms with Crippen molar-refractivity contribution in [2.45, 2.75) is 76.0 Å². The van der Waals surface area contributed by atoms with E-state index in [1.807, 2.05) is 13.0 Å². The molecule has 1 saturated heterocycles. The van der Waals surface area contributed by atoms with Crippen LogP contribution in [0.4, 0.5) is 0 Å². The Hall–Kier alpha value is -0.990. The molecular weight excluding hydrogens is 340 g/mol. The van der Waals surface area contributed by atoms with E-state index in [2.05, 4.69) is 6.92 Å². The van der Waals surface area contributed by atoms with Gasteiger partial charge >= 0.3 is 0 Å². The molecule has 1 heterocycles. The molecule has 1 aliphatic heterocycles. The van der Waals surface area contributed by atoms with Crippen LogP contribution in [0.5, 0.6) is 0 Å². The molecule has 3 aliphatic carbocycles. The van der Waals surface area contributed by atoms with Gasteiger partial charge in [0.2, 0.25) is 5.79 Å². The van der Waals surface area contributed by atoms with E-state index < -0.39 is 17.2 Å². The third-order valence-corrected chi connectivity index (χ3v) is 6.49. The second-order valence-corrected chi connectivity index (χ2v) is 8.61. The number of hydrogen-bond donors (Lipinski definition) is 1. The molecule has 0 amide bonds. The lowest BCUT2D eigenvalue weighted by atomic mass is 9.60. The third kappa shape index (κ3) is 2.90. The number of hydrogen-bond acceptors (Lipinski definition) is 7. The summed E-state index contributed by atoms with van der Waals surface area (Å²) in [6, 6.07) is 0. The summed E-state index contributed by atoms with van der Waals surface area (Å²) in [7, 11) is 0. The normalized spacial score (nSPS) is 48.3. The van der Waals surface area contributed by atoms with E-state index in [1.54, 1.807) is 0 Å². The van der Waals surface area contributed by atoms with Crippen molar-refractivity contribution in [1.29, 1.82) is 0 Å². The van der Waals surface area contributed by atoms with Gasteiger partial charge in [-0.15, -0.1) is 0 Å². The second kappa shape index (κ2) is 6.56. The highest BCUT2D eigenvalue weighted by Gasteiger charge is 2.63. The van der Waals surface area contributed by atoms with Gasteiger partial charge in [0.05, 0.1) is 5.60 Å². The standard InChI is InChI=1S/C19H28O7/c1-13-7-16-10-17(21,8-13)9-14(2)19(16)25-23-18(24-26-19)6-4-3-5-15(18)11-22-12-20/h5,12-14,16,21H,3-4,6-11H2,1-2H3. The first kappa shape index (κ1) is 18.4. The van der Waals surface area contributed by atoms with E-state index in [1.165, 1.54) is 0 Å². The Bertz CT molecular complexity index is 576. The largest absolute Gasteiger partial charge is 0.463 e. The lowest BCUT2D eigenvalue weighted by Crippen LogP contribution is -2.64. The van der Waals surface area contributed by atoms with E-state index in [9.17, 15) is 9.90 Å². The maximum absolute atomic E-state index is 10.9. The van der Waals surface area contributed by atoms with Crippen LogP contribution in [0.2, 0.25) is 0 Å². The lowest BCUT2D eigenvalue weighted by Gasteiger charge is -2.57. The summed E-state index contributed by atoms with van der Waals surface area (Å²) in [4.78, 5) is 34.2. The summed E-state index contributed by atoms with van der Waals surface area (Å²) in [6.07, 6.45) is 7.15. The number of aliphatic hydroxyl groups is 1. The highest BCUT2D eigenvalue weighted by Crippen LogP contribution is 2.56. The maximum atomic E-state index is 10.9. The van der Waals surface area contributed by atoms with Gasteiger partial charge < -0.3 is 9.84 Å². The van der Waals surface area contributed by atoms with Gasteiger partial charge in [0.25, 0.3) is 12.3 Å². The van der Waals surface area contributed by atoms with E-state index >= 15 is 0 Å². The Morgan fingerprint density at radius 2 is 2.00 bits per heavy atom. The van der Waals surface area contributed by atoms with Gasteiger partial charge in [-0.2, -0.15) is 19.6 Å². The first-order valence-corrected chi connectivity index (χ1v) is 9.62. The zero-order valence-electron chi connectivity index (χ0n) is 15.4. The molecule has 2 spiro atoms. The summed E-state index contributed by atoms with van der Waals surface area (Å²) >= 11 is 0. The Kier molecular flexibility index (Phi) is 4.64. The Morgan fingerprint density at radius 3 is 2.73 bits per heavy atom. The summed E-state index contributed by atoms with van der Waals surface area (Å²) in [5, 5.41) is 10.9. The Morgan fingerprint density at radius 1 is 1.23 bits per heavy atom. The SMILES string of the molecule is CC1CC2CC(O)(C1)CC(C)C21OOC2(CCCC=C2COC=O)OO1. The molecule has 4 atom stereocenters. The fourth-order valence-corrected chi connectivity index (χ4v) is 5.43. The molecule has 1 N–H and O–H groups in total. The minimum Gasteiger partial charge on any atom is -0.463 e. The molecule has 4 rings (SSSR count). The quantitative estimate of drug-likeness (QED) is 0.466. The lowest BCUT2D eigenvalue weighted by molar-refractivity contribution is -0.669. The van der Waals surface area contributed by atoms with Crippen molar-refractivity contribution < 1.29 is 34.2 Å². The van der Waals surface area contributed by atoms with Crippen molar-refractivity contribution in [2.75, 3.05) is 6.61 Å². The summed E-state index contributed by atoms with van der Waals surface area (Å²) < 4.78 is 4.90. The van der Waals surface area contributed by atoms with Crippen molar-refractivity contribution in [1.82, 2.24) is 0 Å². The maximum Gasteiger partial charge on any atom is 0.293 e. The molecule has 146 valence electrons. The molecule has 0 radical (unpaired) electrons. The van der Waals surface area contributed by atoms with Crippen LogP contribution >= 0.6 is 0 Å². The topological polar surface area (TPSA) is 83.5 Å². The number of carbonyl (C=O) groups is 1. The first-order valence-electron chi connectivity index (χ1n) is 9.62. The van der Waals surface area contributed by atoms with Crippen LogP contribution < -0.4 is 0 Å². The minimum atomic E-state index is -1.17. The van der Waals surface area contributed by atoms with Gasteiger partial charge in [-0.1, -0.05) is 19.9 Å². The average molecular weight is 368 g/mol. The fourth-order valence-electron chi connectivity index (χ4n) is 5.43. The van der Waals surface area contributed by atoms with Crippen molar-refractivity contribution in [3.63, 3.8) is 0 Å². The molecule has 4 unspecified atom stereocenters. The highest BCUT2D eigenvalue weighted by atomic mass is 17.4. The van der Waals surface area contributed by atoms with Gasteiger partial charge in [-0.3, -0.25) is 4.79 Å². The van der Waals surface area contributed by atoms with Crippen molar-refractivity contribution >= 4 is 6.47 Å². The van der Waals surface area contributed by atoms with Crippen LogP contribution in [0.25, 0.3) is 0 Å². The molecule has 0 aromatic heterocycles. The zero-order chi connectivity index (χ0) is 18.4. The number of allylic oxidation sites excluding steroid dienone is 1. The number of carbonyl (C=O) groups excluding carboxylic acids is 1. The second-order valence-electron chi connectivity index (χ2n) is 8.61. The molecule has 0 aromatic carbocycles. The molecule has 7 heteroatoms. The molecular formula is C19H28O7. The van der Waals surface area contributed by atoms with Gasteiger partial charge in [-0.05, 0) is 44.4 Å². The zero-order valence-corrected chi connectivity index (χ0v) is 15.4. The van der Waals surface area contributed by atoms with Crippen LogP contribution in [-0.4, -0.2) is 35.4 Å². The Labute approximate surface area is 153 Å². The van der Waals surface area contributed by atoms with E-state index in [0.717, 1.165) is 25.7 Å². The van der Waals surface area contributed by atoms with Crippen LogP contribution in [0.1, 0.15) is 58.8 Å². The highest BCUT2D eigenvalue weighted by molar-refractivity contribution is 5.38. The van der Waals surface area contributed by atoms with Gasteiger partial charge in [0.1, 0.15) is 6.61 Å². The molecule has 0 aromatic rings. The Balaban J connectivity index is 1.54. The monoisotopic (exact) mass is 368 g/mol. The van der Waals surface area contributed by atoms with Crippen molar-refractivity contribution in [3.8, 4) is 0 Å². The number of ether oxygens (including phenoxy) is 1. The predicted octanol–water partition coefficient (Wildman–Crippen LogP) is 2.78. The van der Waals surface area contributed by atoms with Crippen LogP contribution in [0.15, 0.2) is 11.6 Å². The molecule has 3 fully saturated rings. The van der Waals surface area contributed by atoms with Gasteiger partial charge in [-0.25, -0.2) is 0 Å². The smallest absolute Gasteiger partial charge is 0.293 e. The van der Waals surface area contributed by atoms with Crippen LogP contribution in [-0.2, 0) is 29.1 Å². The van der Waals surface area contributed by atoms with Crippen LogP contribution in [0.3, 0.4) is 0 Å². The summed E-state index contributed by atoms with van der Waals surface area (Å²) in [5.41, 5.74) is 0.0328. The molecule has 4 aliphatic rings. The summed E-state index contributed by atoms with van der Waals surface area (Å²) in [5.74, 6) is -1.86. The predicted molar refractivity (Wildman–Crippen MR) is 89.0 cm³/mol. The fraction of sp³-hybridized carbons (Fsp3) is 0.842. The van der Waals surface area contributed by atoms with E-state index in [4.69, 9.17) is 24.3 Å². The van der Waals surface area contributed by atoms with E-state index in [0.29, 0.717) is 37.2 Å². The first-order chi connectivity index (χ1) is 12.4. The molecule has 7 nitrogen and oxygen atoms in total. The number of fused-ring (bicyclic) bond motifs is 3. The average Bonchev–Trinajstić information content (AvgIpc) is 2.60. The molecule has 2 saturated carbocycles. The molecule has 2 bridgehead atoms. The van der Waals surface area contributed by atoms with Gasteiger partial charge in [0, 0.05) is 23.8 Å².